The first-order chi connectivity index (χ1) is 14.2. The molecule has 0 saturated heterocycles. The summed E-state index contributed by atoms with van der Waals surface area (Å²) in [5.41, 5.74) is 3.70. The zero-order valence-corrected chi connectivity index (χ0v) is 20.7. The predicted molar refractivity (Wildman–Crippen MR) is 130 cm³/mol. The van der Waals surface area contributed by atoms with Crippen molar-refractivity contribution >= 4 is 0 Å². The number of rotatable bonds is 6. The molecule has 3 fully saturated rings. The summed E-state index contributed by atoms with van der Waals surface area (Å²) in [4.78, 5) is 0. The van der Waals surface area contributed by atoms with Gasteiger partial charge in [-0.25, -0.2) is 0 Å². The molecule has 0 aromatic rings. The fourth-order valence-electron chi connectivity index (χ4n) is 9.00. The van der Waals surface area contributed by atoms with Crippen molar-refractivity contribution in [2.75, 3.05) is 0 Å². The van der Waals surface area contributed by atoms with Crippen LogP contribution in [0.2, 0.25) is 0 Å². The third-order valence-electron chi connectivity index (χ3n) is 10.8. The van der Waals surface area contributed by atoms with Gasteiger partial charge in [-0.05, 0) is 111 Å². The minimum Gasteiger partial charge on any atom is -0.0845 e. The SMILES string of the molecule is [CH]=C([CH2])[C@H]1CC[C@@]2(C)C(=CC[C@H]3[C@@H]4CC[C@H]([C@H](C)CCCC(C)C)[C@@]4(C)CC[C@@H]32)C1. The largest absolute Gasteiger partial charge is 0.0845 e. The van der Waals surface area contributed by atoms with E-state index in [-0.39, 0.29) is 0 Å². The highest BCUT2D eigenvalue weighted by atomic mass is 14.6. The molecular formula is C30H48. The van der Waals surface area contributed by atoms with E-state index in [1.807, 2.05) is 0 Å². The summed E-state index contributed by atoms with van der Waals surface area (Å²) in [5, 5.41) is 0. The van der Waals surface area contributed by atoms with Crippen molar-refractivity contribution in [3.63, 3.8) is 0 Å². The van der Waals surface area contributed by atoms with E-state index in [0.29, 0.717) is 16.7 Å². The maximum absolute atomic E-state index is 6.12. The van der Waals surface area contributed by atoms with Crippen LogP contribution in [-0.2, 0) is 0 Å². The van der Waals surface area contributed by atoms with Crippen LogP contribution in [0.15, 0.2) is 17.2 Å². The Kier molecular flexibility index (Phi) is 6.38. The molecule has 0 unspecified atom stereocenters. The summed E-state index contributed by atoms with van der Waals surface area (Å²) >= 11 is 0. The molecule has 4 aliphatic carbocycles. The van der Waals surface area contributed by atoms with Gasteiger partial charge in [-0.15, -0.1) is 0 Å². The first-order valence-electron chi connectivity index (χ1n) is 13.3. The Balaban J connectivity index is 1.49. The lowest BCUT2D eigenvalue weighted by atomic mass is 9.46. The lowest BCUT2D eigenvalue weighted by molar-refractivity contribution is -0.0518. The minimum atomic E-state index is 0.442. The molecule has 2 radical (unpaired) electrons. The molecule has 0 heterocycles. The zero-order chi connectivity index (χ0) is 21.7. The maximum Gasteiger partial charge on any atom is -0.00849 e. The molecule has 30 heavy (non-hydrogen) atoms. The number of hydrogen-bond donors (Lipinski definition) is 0. The highest BCUT2D eigenvalue weighted by Crippen LogP contribution is 2.67. The normalized spacial score (nSPS) is 44.1. The molecule has 4 aliphatic rings. The van der Waals surface area contributed by atoms with E-state index >= 15 is 0 Å². The smallest absolute Gasteiger partial charge is 0.00849 e. The molecule has 0 N–H and O–H groups in total. The van der Waals surface area contributed by atoms with Crippen molar-refractivity contribution < 1.29 is 0 Å². The van der Waals surface area contributed by atoms with E-state index in [2.05, 4.69) is 47.6 Å². The molecule has 168 valence electrons. The molecule has 0 nitrogen and oxygen atoms in total. The van der Waals surface area contributed by atoms with E-state index in [9.17, 15) is 0 Å². The average molecular weight is 409 g/mol. The number of fused-ring (bicyclic) bond motifs is 5. The van der Waals surface area contributed by atoms with Crippen LogP contribution in [0.3, 0.4) is 0 Å². The third kappa shape index (κ3) is 3.77. The minimum absolute atomic E-state index is 0.442. The van der Waals surface area contributed by atoms with Crippen LogP contribution in [0.25, 0.3) is 0 Å². The van der Waals surface area contributed by atoms with Crippen molar-refractivity contribution in [1.29, 1.82) is 0 Å². The fraction of sp³-hybridized carbons (Fsp3) is 0.833. The Morgan fingerprint density at radius 2 is 1.83 bits per heavy atom. The Hall–Kier alpha value is -0.520. The molecule has 0 heteroatoms. The summed E-state index contributed by atoms with van der Waals surface area (Å²) in [7, 11) is 0. The second-order valence-corrected chi connectivity index (χ2v) is 12.8. The van der Waals surface area contributed by atoms with Gasteiger partial charge in [0.2, 0.25) is 0 Å². The number of allylic oxidation sites excluding steroid dienone is 3. The monoisotopic (exact) mass is 408 g/mol. The molecule has 8 atom stereocenters. The van der Waals surface area contributed by atoms with Crippen LogP contribution < -0.4 is 0 Å². The zero-order valence-electron chi connectivity index (χ0n) is 20.7. The van der Waals surface area contributed by atoms with Gasteiger partial charge in [-0.2, -0.15) is 0 Å². The summed E-state index contributed by atoms with van der Waals surface area (Å²) in [6, 6.07) is 0. The van der Waals surface area contributed by atoms with Gasteiger partial charge in [0.15, 0.2) is 0 Å². The topological polar surface area (TPSA) is 0 Å². The van der Waals surface area contributed by atoms with Gasteiger partial charge in [0.25, 0.3) is 0 Å². The Morgan fingerprint density at radius 1 is 1.07 bits per heavy atom. The highest BCUT2D eigenvalue weighted by molar-refractivity contribution is 5.27. The van der Waals surface area contributed by atoms with Gasteiger partial charge in [-0.3, -0.25) is 0 Å². The van der Waals surface area contributed by atoms with Crippen LogP contribution in [0.4, 0.5) is 0 Å². The summed E-state index contributed by atoms with van der Waals surface area (Å²) in [5.74, 6) is 6.06. The Morgan fingerprint density at radius 3 is 2.53 bits per heavy atom. The molecule has 0 amide bonds. The number of hydrogen-bond acceptors (Lipinski definition) is 0. The van der Waals surface area contributed by atoms with Crippen molar-refractivity contribution in [3.8, 4) is 0 Å². The lowest BCUT2D eigenvalue weighted by Crippen LogP contribution is -2.50. The molecule has 3 saturated carbocycles. The molecule has 0 bridgehead atoms. The molecule has 4 rings (SSSR count). The van der Waals surface area contributed by atoms with Crippen molar-refractivity contribution in [3.05, 3.63) is 30.7 Å². The molecule has 0 aliphatic heterocycles. The van der Waals surface area contributed by atoms with Crippen LogP contribution in [0.5, 0.6) is 0 Å². The van der Waals surface area contributed by atoms with E-state index in [4.69, 9.17) is 6.58 Å². The van der Waals surface area contributed by atoms with Crippen molar-refractivity contribution in [2.45, 2.75) is 105 Å². The standard InChI is InChI=1S/C30H48/c1-20(2)9-8-10-22(5)26-13-14-27-25-12-11-24-19-23(21(3)4)15-17-29(24,6)28(25)16-18-30(26,27)7/h3,11,20,22-23,25-28H,4,8-10,12-19H2,1-2,5-7H3/t22-,23+,25+,26-,27+,28+,29+,30-/m1/s1. The maximum atomic E-state index is 6.12. The Bertz CT molecular complexity index is 668. The first-order valence-corrected chi connectivity index (χ1v) is 13.3. The molecule has 0 aromatic heterocycles. The molecular weight excluding hydrogens is 360 g/mol. The second-order valence-electron chi connectivity index (χ2n) is 12.8. The van der Waals surface area contributed by atoms with Crippen LogP contribution in [-0.4, -0.2) is 0 Å². The van der Waals surface area contributed by atoms with Crippen LogP contribution in [0.1, 0.15) is 105 Å². The highest BCUT2D eigenvalue weighted by Gasteiger charge is 2.59. The molecule has 0 aromatic carbocycles. The van der Waals surface area contributed by atoms with Gasteiger partial charge in [-0.1, -0.05) is 77.7 Å². The summed E-state index contributed by atoms with van der Waals surface area (Å²) in [6.45, 7) is 22.9. The van der Waals surface area contributed by atoms with E-state index < -0.39 is 0 Å². The van der Waals surface area contributed by atoms with Crippen molar-refractivity contribution in [2.24, 2.45) is 52.3 Å². The van der Waals surface area contributed by atoms with Gasteiger partial charge >= 0.3 is 0 Å². The quantitative estimate of drug-likeness (QED) is 0.385. The van der Waals surface area contributed by atoms with E-state index in [0.717, 1.165) is 41.1 Å². The van der Waals surface area contributed by atoms with Crippen molar-refractivity contribution in [1.82, 2.24) is 0 Å². The molecule has 0 spiro atoms. The van der Waals surface area contributed by atoms with Gasteiger partial charge < -0.3 is 0 Å². The third-order valence-corrected chi connectivity index (χ3v) is 10.8. The lowest BCUT2D eigenvalue weighted by Gasteiger charge is -2.58. The predicted octanol–water partition coefficient (Wildman–Crippen LogP) is 8.84. The Labute approximate surface area is 188 Å². The second kappa shape index (κ2) is 8.44. The van der Waals surface area contributed by atoms with Crippen LogP contribution >= 0.6 is 0 Å². The van der Waals surface area contributed by atoms with E-state index in [1.54, 1.807) is 5.57 Å². The fourth-order valence-corrected chi connectivity index (χ4v) is 9.00. The average Bonchev–Trinajstić information content (AvgIpc) is 3.04. The van der Waals surface area contributed by atoms with Crippen LogP contribution in [0, 0.1) is 65.8 Å². The van der Waals surface area contributed by atoms with Gasteiger partial charge in [0.05, 0.1) is 0 Å². The summed E-state index contributed by atoms with van der Waals surface area (Å²) < 4.78 is 0. The van der Waals surface area contributed by atoms with Gasteiger partial charge in [0, 0.05) is 0 Å². The van der Waals surface area contributed by atoms with Gasteiger partial charge in [0.1, 0.15) is 0 Å². The van der Waals surface area contributed by atoms with E-state index in [1.165, 1.54) is 70.6 Å². The summed E-state index contributed by atoms with van der Waals surface area (Å²) in [6.07, 6.45) is 18.0. The first kappa shape index (κ1) is 22.7.